The molecule has 6 nitrogen and oxygen atoms in total. The average molecular weight is 628 g/mol. The highest BCUT2D eigenvalue weighted by atomic mass is 79.9. The molecular weight excluding hydrogens is 604 g/mol. The molecule has 0 aliphatic heterocycles. The van der Waals surface area contributed by atoms with Gasteiger partial charge in [0.15, 0.2) is 18.9 Å². The molecule has 8 heteroatoms. The summed E-state index contributed by atoms with van der Waals surface area (Å²) in [5.74, 6) is 0. The van der Waals surface area contributed by atoms with Crippen molar-refractivity contribution in [1.29, 1.82) is 0 Å². The Balaban J connectivity index is 0.000000171. The van der Waals surface area contributed by atoms with Crippen molar-refractivity contribution in [2.24, 2.45) is 0 Å². The van der Waals surface area contributed by atoms with Crippen molar-refractivity contribution >= 4 is 49.1 Å². The largest absolute Gasteiger partial charge is 1.00 e. The number of aromatic nitrogens is 4. The number of benzene rings is 2. The predicted octanol–water partition coefficient (Wildman–Crippen LogP) is 4.75. The fourth-order valence-corrected chi connectivity index (χ4v) is 4.08. The lowest BCUT2D eigenvalue weighted by Gasteiger charge is -1.97. The predicted molar refractivity (Wildman–Crippen MR) is 152 cm³/mol. The Labute approximate surface area is 240 Å². The maximum Gasteiger partial charge on any atom is 0.212 e. The molecule has 0 fully saturated rings. The molecule has 4 aromatic heterocycles. The molecule has 4 heterocycles. The van der Waals surface area contributed by atoms with Crippen molar-refractivity contribution in [3.63, 3.8) is 0 Å². The Morgan fingerprint density at radius 2 is 1.34 bits per heavy atom. The smallest absolute Gasteiger partial charge is 0.212 e. The molecule has 0 amide bonds. The third-order valence-corrected chi connectivity index (χ3v) is 6.21. The second-order valence-electron chi connectivity index (χ2n) is 8.04. The summed E-state index contributed by atoms with van der Waals surface area (Å²) >= 11 is 3.36. The van der Waals surface area contributed by atoms with E-state index in [2.05, 4.69) is 69.4 Å². The Kier molecular flexibility index (Phi) is 10.8. The molecule has 2 aromatic carbocycles. The third kappa shape index (κ3) is 7.39. The topological polar surface area (TPSA) is 57.1 Å². The van der Waals surface area contributed by atoms with Crippen LogP contribution in [0.4, 0.5) is 11.4 Å². The highest BCUT2D eigenvalue weighted by Crippen LogP contribution is 2.24. The Morgan fingerprint density at radius 3 is 1.92 bits per heavy atom. The summed E-state index contributed by atoms with van der Waals surface area (Å²) in [5, 5.41) is 2.87. The van der Waals surface area contributed by atoms with E-state index in [0.29, 0.717) is 11.4 Å². The number of pyridine rings is 2. The van der Waals surface area contributed by atoms with Crippen molar-refractivity contribution in [2.45, 2.75) is 11.9 Å². The van der Waals surface area contributed by atoms with Crippen molar-refractivity contribution < 1.29 is 21.5 Å². The van der Waals surface area contributed by atoms with Gasteiger partial charge in [0.25, 0.3) is 0 Å². The highest BCUT2D eigenvalue weighted by Gasteiger charge is 2.08. The maximum absolute atomic E-state index is 7.07. The Bertz CT molecular complexity index is 1660. The minimum absolute atomic E-state index is 0. The number of rotatable bonds is 3. The van der Waals surface area contributed by atoms with Gasteiger partial charge in [-0.2, -0.15) is 4.57 Å². The summed E-state index contributed by atoms with van der Waals surface area (Å²) in [7, 11) is 0. The third-order valence-electron chi connectivity index (χ3n) is 5.57. The number of alkyl halides is 1. The number of aromatic amines is 2. The van der Waals surface area contributed by atoms with Gasteiger partial charge >= 0.3 is 0 Å². The van der Waals surface area contributed by atoms with Crippen LogP contribution in [0.5, 0.6) is 0 Å². The zero-order valence-electron chi connectivity index (χ0n) is 20.4. The van der Waals surface area contributed by atoms with E-state index >= 15 is 0 Å². The van der Waals surface area contributed by atoms with Crippen LogP contribution in [0.1, 0.15) is 11.1 Å². The first-order valence-corrected chi connectivity index (χ1v) is 12.6. The second-order valence-corrected chi connectivity index (χ2v) is 8.60. The number of H-pyrrole nitrogens is 2. The molecule has 38 heavy (non-hydrogen) atoms. The number of halogens is 2. The average Bonchev–Trinajstić information content (AvgIpc) is 3.58. The Hall–Kier alpha value is -4.24. The van der Waals surface area contributed by atoms with Gasteiger partial charge in [-0.25, -0.2) is 9.69 Å². The fourth-order valence-electron chi connectivity index (χ4n) is 3.70. The zero-order chi connectivity index (χ0) is 25.9. The number of nitrogens with zero attached hydrogens (tertiary/aromatic N) is 4. The molecule has 0 aliphatic carbocycles. The molecule has 0 saturated carbocycles. The molecule has 0 spiro atoms. The molecule has 6 rings (SSSR count). The molecule has 0 bridgehead atoms. The molecule has 188 valence electrons. The van der Waals surface area contributed by atoms with Crippen molar-refractivity contribution in [3.8, 4) is 0 Å². The van der Waals surface area contributed by atoms with Gasteiger partial charge in [-0.3, -0.25) is 4.98 Å². The lowest BCUT2D eigenvalue weighted by Crippen LogP contribution is -3.00. The van der Waals surface area contributed by atoms with Crippen LogP contribution in [0.3, 0.4) is 0 Å². The van der Waals surface area contributed by atoms with Crippen LogP contribution in [0, 0.1) is 13.1 Å². The molecule has 0 saturated heterocycles. The van der Waals surface area contributed by atoms with Crippen LogP contribution in [0.25, 0.3) is 31.5 Å². The van der Waals surface area contributed by atoms with Gasteiger partial charge in [0, 0.05) is 52.5 Å². The van der Waals surface area contributed by atoms with Gasteiger partial charge in [0.2, 0.25) is 11.4 Å². The summed E-state index contributed by atoms with van der Waals surface area (Å²) in [5.41, 5.74) is 5.84. The zero-order valence-corrected chi connectivity index (χ0v) is 23.5. The van der Waals surface area contributed by atoms with E-state index in [1.54, 1.807) is 24.8 Å². The van der Waals surface area contributed by atoms with Gasteiger partial charge in [-0.05, 0) is 11.6 Å². The number of nitrogens with one attached hydrogen (secondary N) is 2. The summed E-state index contributed by atoms with van der Waals surface area (Å²) < 4.78 is 2.11. The van der Waals surface area contributed by atoms with Gasteiger partial charge in [-0.1, -0.05) is 76.6 Å². The van der Waals surface area contributed by atoms with Gasteiger partial charge in [0.05, 0.1) is 24.2 Å². The Morgan fingerprint density at radius 1 is 0.763 bits per heavy atom. The van der Waals surface area contributed by atoms with Crippen molar-refractivity contribution in [3.05, 3.63) is 144 Å². The molecule has 6 aromatic rings. The van der Waals surface area contributed by atoms with E-state index in [1.807, 2.05) is 60.9 Å². The van der Waals surface area contributed by atoms with Crippen LogP contribution >= 0.6 is 15.9 Å². The molecule has 0 atom stereocenters. The van der Waals surface area contributed by atoms with Crippen LogP contribution < -0.4 is 21.5 Å². The minimum atomic E-state index is 0. The SMILES string of the molecule is BrCc1ccccc1.[Br-].[C-]#[N+]c1c[nH]c2c[n+](Cc3ccccc3)ccc12.[C-]#[N+]c1c[nH]c2cnccc12. The fraction of sp³-hybridized carbons (Fsp3) is 0.0667. The van der Waals surface area contributed by atoms with Crippen molar-refractivity contribution in [2.75, 3.05) is 0 Å². The molecule has 0 radical (unpaired) electrons. The van der Waals surface area contributed by atoms with Crippen LogP contribution in [-0.4, -0.2) is 15.0 Å². The van der Waals surface area contributed by atoms with Gasteiger partial charge in [0.1, 0.15) is 0 Å². The molecule has 2 N–H and O–H groups in total. The number of hydrogen-bond acceptors (Lipinski definition) is 1. The van der Waals surface area contributed by atoms with Crippen molar-refractivity contribution in [1.82, 2.24) is 15.0 Å². The summed E-state index contributed by atoms with van der Waals surface area (Å²) in [4.78, 5) is 16.9. The summed E-state index contributed by atoms with van der Waals surface area (Å²) in [6.45, 7) is 14.7. The maximum atomic E-state index is 7.07. The first kappa shape index (κ1) is 28.3. The summed E-state index contributed by atoms with van der Waals surface area (Å²) in [6, 6.07) is 24.4. The number of hydrogen-bond donors (Lipinski definition) is 2. The van der Waals surface area contributed by atoms with E-state index in [4.69, 9.17) is 13.1 Å². The molecular formula is C30H24Br2N6. The van der Waals surface area contributed by atoms with E-state index in [-0.39, 0.29) is 17.0 Å². The summed E-state index contributed by atoms with van der Waals surface area (Å²) in [6.07, 6.45) is 10.9. The van der Waals surface area contributed by atoms with E-state index in [1.165, 1.54) is 11.1 Å². The highest BCUT2D eigenvalue weighted by molar-refractivity contribution is 9.08. The second kappa shape index (κ2) is 14.5. The lowest BCUT2D eigenvalue weighted by molar-refractivity contribution is -0.687. The van der Waals surface area contributed by atoms with Crippen LogP contribution in [0.15, 0.2) is 110 Å². The van der Waals surface area contributed by atoms with E-state index in [9.17, 15) is 0 Å². The molecule has 0 aliphatic rings. The quantitative estimate of drug-likeness (QED) is 0.166. The first-order valence-electron chi connectivity index (χ1n) is 11.5. The van der Waals surface area contributed by atoms with Crippen LogP contribution in [0.2, 0.25) is 0 Å². The van der Waals surface area contributed by atoms with Gasteiger partial charge in [-0.15, -0.1) is 0 Å². The van der Waals surface area contributed by atoms with E-state index in [0.717, 1.165) is 33.7 Å². The standard InChI is InChI=1S/C15H11N3.C8H5N3.C7H7Br.BrH/c1-16-14-9-17-15-11-18(8-7-13(14)15)10-12-5-3-2-4-6-12;1-9-7-5-11-8-4-10-3-2-6(7)8;8-6-7-4-2-1-3-5-7;/h2-9,11H,10H2;2-5,11H;1-5H,6H2;1H. The van der Waals surface area contributed by atoms with E-state index < -0.39 is 0 Å². The molecule has 0 unspecified atom stereocenters. The minimum Gasteiger partial charge on any atom is -1.00 e. The normalized spacial score (nSPS) is 9.66. The first-order chi connectivity index (χ1) is 18.2. The van der Waals surface area contributed by atoms with Gasteiger partial charge < -0.3 is 26.9 Å². The monoisotopic (exact) mass is 626 g/mol. The number of fused-ring (bicyclic) bond motifs is 2. The lowest BCUT2D eigenvalue weighted by atomic mass is 10.2. The van der Waals surface area contributed by atoms with Crippen LogP contribution in [-0.2, 0) is 11.9 Å².